The molecule has 0 spiro atoms. The van der Waals surface area contributed by atoms with E-state index in [0.29, 0.717) is 6.42 Å². The zero-order chi connectivity index (χ0) is 14.2. The Balaban J connectivity index is 2.21. The molecule has 1 aromatic heterocycles. The van der Waals surface area contributed by atoms with Crippen LogP contribution < -0.4 is 5.32 Å². The number of aromatic nitrogens is 1. The van der Waals surface area contributed by atoms with Crippen LogP contribution in [0.2, 0.25) is 0 Å². The van der Waals surface area contributed by atoms with Gasteiger partial charge in [-0.25, -0.2) is 0 Å². The third kappa shape index (κ3) is 3.06. The monoisotopic (exact) mass is 262 g/mol. The third-order valence-corrected chi connectivity index (χ3v) is 3.43. The number of Topliss-reactive ketones (excluding diaryl/α,β-unsaturated/α-hetero) is 1. The summed E-state index contributed by atoms with van der Waals surface area (Å²) < 4.78 is 1.91. The van der Waals surface area contributed by atoms with Gasteiger partial charge < -0.3 is 9.88 Å². The number of carbonyl (C=O) groups is 2. The van der Waals surface area contributed by atoms with Gasteiger partial charge in [0.1, 0.15) is 6.54 Å². The van der Waals surface area contributed by atoms with Crippen LogP contribution in [0.25, 0.3) is 0 Å². The normalized spacial score (nSPS) is 17.4. The third-order valence-electron chi connectivity index (χ3n) is 3.43. The van der Waals surface area contributed by atoms with Crippen LogP contribution in [-0.2, 0) is 17.8 Å². The predicted molar refractivity (Wildman–Crippen MR) is 74.1 cm³/mol. The summed E-state index contributed by atoms with van der Waals surface area (Å²) in [6, 6.07) is 1.98. The first-order chi connectivity index (χ1) is 8.78. The van der Waals surface area contributed by atoms with Gasteiger partial charge in [-0.2, -0.15) is 0 Å². The number of nitrogens with zero attached hydrogens (tertiary/aromatic N) is 1. The Kier molecular flexibility index (Phi) is 3.52. The molecule has 19 heavy (non-hydrogen) atoms. The number of ketones is 1. The average Bonchev–Trinajstić information content (AvgIpc) is 2.58. The molecule has 0 unspecified atom stereocenters. The smallest absolute Gasteiger partial charge is 0.240 e. The number of fused-ring (bicyclic) bond motifs is 1. The van der Waals surface area contributed by atoms with E-state index in [9.17, 15) is 9.59 Å². The van der Waals surface area contributed by atoms with Crippen molar-refractivity contribution in [2.24, 2.45) is 5.41 Å². The Bertz CT molecular complexity index is 512. The molecular weight excluding hydrogens is 240 g/mol. The molecule has 0 bridgehead atoms. The van der Waals surface area contributed by atoms with Crippen LogP contribution in [0.5, 0.6) is 0 Å². The molecule has 0 radical (unpaired) electrons. The van der Waals surface area contributed by atoms with Gasteiger partial charge >= 0.3 is 0 Å². The standard InChI is InChI=1S/C15H22N2O2/c1-10(2)16-14(19)9-17-6-5-11-12(17)7-15(3,4)8-13(11)18/h5-6,10H,7-9H2,1-4H3,(H,16,19). The summed E-state index contributed by atoms with van der Waals surface area (Å²) >= 11 is 0. The fourth-order valence-corrected chi connectivity index (χ4v) is 2.67. The predicted octanol–water partition coefficient (Wildman–Crippen LogP) is 2.17. The number of hydrogen-bond acceptors (Lipinski definition) is 2. The van der Waals surface area contributed by atoms with Gasteiger partial charge in [0.15, 0.2) is 5.78 Å². The summed E-state index contributed by atoms with van der Waals surface area (Å²) in [5.41, 5.74) is 1.77. The number of carbonyl (C=O) groups excluding carboxylic acids is 2. The zero-order valence-electron chi connectivity index (χ0n) is 12.1. The maximum atomic E-state index is 12.1. The van der Waals surface area contributed by atoms with Gasteiger partial charge in [0.05, 0.1) is 0 Å². The fourth-order valence-electron chi connectivity index (χ4n) is 2.67. The van der Waals surface area contributed by atoms with E-state index in [1.807, 2.05) is 30.7 Å². The van der Waals surface area contributed by atoms with Crippen molar-refractivity contribution >= 4 is 11.7 Å². The molecule has 0 aromatic carbocycles. The number of amides is 1. The highest BCUT2D eigenvalue weighted by Crippen LogP contribution is 2.35. The molecule has 2 rings (SSSR count). The molecule has 1 aliphatic carbocycles. The van der Waals surface area contributed by atoms with Crippen LogP contribution in [0.1, 0.15) is 50.2 Å². The van der Waals surface area contributed by atoms with E-state index in [1.54, 1.807) is 0 Å². The first kappa shape index (κ1) is 13.8. The van der Waals surface area contributed by atoms with Crippen molar-refractivity contribution in [1.29, 1.82) is 0 Å². The minimum Gasteiger partial charge on any atom is -0.352 e. The van der Waals surface area contributed by atoms with Crippen molar-refractivity contribution < 1.29 is 9.59 Å². The second-order valence-electron chi connectivity index (χ2n) is 6.47. The van der Waals surface area contributed by atoms with E-state index in [0.717, 1.165) is 17.7 Å². The lowest BCUT2D eigenvalue weighted by Crippen LogP contribution is -2.34. The van der Waals surface area contributed by atoms with Crippen LogP contribution >= 0.6 is 0 Å². The highest BCUT2D eigenvalue weighted by Gasteiger charge is 2.33. The molecule has 1 amide bonds. The molecule has 0 saturated carbocycles. The number of nitrogens with one attached hydrogen (secondary N) is 1. The van der Waals surface area contributed by atoms with Crippen LogP contribution in [-0.4, -0.2) is 22.3 Å². The van der Waals surface area contributed by atoms with E-state index in [-0.39, 0.29) is 29.7 Å². The van der Waals surface area contributed by atoms with E-state index < -0.39 is 0 Å². The van der Waals surface area contributed by atoms with Crippen molar-refractivity contribution in [3.63, 3.8) is 0 Å². The minimum atomic E-state index is -0.0191. The van der Waals surface area contributed by atoms with Gasteiger partial charge in [-0.3, -0.25) is 9.59 Å². The van der Waals surface area contributed by atoms with Crippen LogP contribution in [0.3, 0.4) is 0 Å². The maximum absolute atomic E-state index is 12.1. The van der Waals surface area contributed by atoms with Gasteiger partial charge in [0.25, 0.3) is 0 Å². The molecule has 0 aliphatic heterocycles. The van der Waals surface area contributed by atoms with Gasteiger partial charge in [0, 0.05) is 29.9 Å². The summed E-state index contributed by atoms with van der Waals surface area (Å²) in [5.74, 6) is 0.179. The van der Waals surface area contributed by atoms with Crippen molar-refractivity contribution in [1.82, 2.24) is 9.88 Å². The zero-order valence-corrected chi connectivity index (χ0v) is 12.1. The summed E-state index contributed by atoms with van der Waals surface area (Å²) in [6.45, 7) is 8.36. The molecule has 0 saturated heterocycles. The lowest BCUT2D eigenvalue weighted by Gasteiger charge is -2.29. The second kappa shape index (κ2) is 4.83. The van der Waals surface area contributed by atoms with Crippen molar-refractivity contribution in [2.45, 2.75) is 53.1 Å². The van der Waals surface area contributed by atoms with Crippen molar-refractivity contribution in [3.05, 3.63) is 23.5 Å². The Morgan fingerprint density at radius 3 is 2.74 bits per heavy atom. The minimum absolute atomic E-state index is 0.00997. The lowest BCUT2D eigenvalue weighted by molar-refractivity contribution is -0.122. The maximum Gasteiger partial charge on any atom is 0.240 e. The number of hydrogen-bond donors (Lipinski definition) is 1. The largest absolute Gasteiger partial charge is 0.352 e. The molecule has 1 N–H and O–H groups in total. The molecular formula is C15H22N2O2. The Hall–Kier alpha value is -1.58. The Labute approximate surface area is 114 Å². The van der Waals surface area contributed by atoms with E-state index in [4.69, 9.17) is 0 Å². The van der Waals surface area contributed by atoms with Crippen molar-refractivity contribution in [3.8, 4) is 0 Å². The van der Waals surface area contributed by atoms with E-state index >= 15 is 0 Å². The summed E-state index contributed by atoms with van der Waals surface area (Å²) in [4.78, 5) is 23.9. The summed E-state index contributed by atoms with van der Waals surface area (Å²) in [6.07, 6.45) is 3.28. The summed E-state index contributed by atoms with van der Waals surface area (Å²) in [7, 11) is 0. The molecule has 1 heterocycles. The van der Waals surface area contributed by atoms with Gasteiger partial charge in [-0.1, -0.05) is 13.8 Å². The Morgan fingerprint density at radius 1 is 1.42 bits per heavy atom. The lowest BCUT2D eigenvalue weighted by atomic mass is 9.76. The highest BCUT2D eigenvalue weighted by atomic mass is 16.2. The molecule has 104 valence electrons. The molecule has 0 fully saturated rings. The van der Waals surface area contributed by atoms with Gasteiger partial charge in [0.2, 0.25) is 5.91 Å². The van der Waals surface area contributed by atoms with Crippen molar-refractivity contribution in [2.75, 3.05) is 0 Å². The SMILES string of the molecule is CC(C)NC(=O)Cn1ccc2c1CC(C)(C)CC2=O. The molecule has 0 atom stereocenters. The molecule has 4 heteroatoms. The van der Waals surface area contributed by atoms with Crippen LogP contribution in [0.4, 0.5) is 0 Å². The topological polar surface area (TPSA) is 51.1 Å². The molecule has 1 aliphatic rings. The highest BCUT2D eigenvalue weighted by molar-refractivity contribution is 5.99. The van der Waals surface area contributed by atoms with Crippen LogP contribution in [0.15, 0.2) is 12.3 Å². The average molecular weight is 262 g/mol. The molecule has 1 aromatic rings. The van der Waals surface area contributed by atoms with Gasteiger partial charge in [-0.15, -0.1) is 0 Å². The first-order valence-corrected chi connectivity index (χ1v) is 6.79. The van der Waals surface area contributed by atoms with E-state index in [1.165, 1.54) is 0 Å². The van der Waals surface area contributed by atoms with Crippen LogP contribution in [0, 0.1) is 5.41 Å². The number of rotatable bonds is 3. The van der Waals surface area contributed by atoms with E-state index in [2.05, 4.69) is 19.2 Å². The second-order valence-corrected chi connectivity index (χ2v) is 6.47. The van der Waals surface area contributed by atoms with Gasteiger partial charge in [-0.05, 0) is 31.7 Å². The Morgan fingerprint density at radius 2 is 2.11 bits per heavy atom. The quantitative estimate of drug-likeness (QED) is 0.907. The first-order valence-electron chi connectivity index (χ1n) is 6.79. The fraction of sp³-hybridized carbons (Fsp3) is 0.600. The molecule has 4 nitrogen and oxygen atoms in total. The summed E-state index contributed by atoms with van der Waals surface area (Å²) in [5, 5.41) is 2.88.